The summed E-state index contributed by atoms with van der Waals surface area (Å²) in [7, 11) is 0. The van der Waals surface area contributed by atoms with E-state index in [-0.39, 0.29) is 13.4 Å². The first-order valence-corrected chi connectivity index (χ1v) is 21.8. The molecule has 4 aliphatic rings. The Morgan fingerprint density at radius 2 is 0.548 bits per heavy atom. The largest absolute Gasteiger partial charge is 0.311 e. The van der Waals surface area contributed by atoms with Gasteiger partial charge in [-0.05, 0) is 124 Å². The summed E-state index contributed by atoms with van der Waals surface area (Å²) in [6.45, 7) is -0.158. The van der Waals surface area contributed by atoms with E-state index in [2.05, 4.69) is 226 Å². The highest BCUT2D eigenvalue weighted by Gasteiger charge is 2.48. The third-order valence-electron chi connectivity index (χ3n) is 13.1. The van der Waals surface area contributed by atoms with Crippen molar-refractivity contribution in [2.24, 2.45) is 0 Å². The van der Waals surface area contributed by atoms with Gasteiger partial charge in [0.25, 0.3) is 13.4 Å². The molecule has 290 valence electrons. The monoisotopic (exact) mass is 830 g/mol. The second kappa shape index (κ2) is 13.7. The standard InChI is InChI=1S/C54H34B2Cl2N4/c57-35-29-49-53-51(31-35)61(39-21-9-3-10-22-39)47-34-48-44(33-43(47)55(53)41-25-13-15-27-45(41)59(49)37-17-5-1-6-18-37)56-42-26-14-16-28-46(42)60(38-19-7-2-8-20-38)50-30-36(58)32-52(54(50)56)62(48)40-23-11-4-12-24-40/h1-34H. The average molecular weight is 831 g/mol. The van der Waals surface area contributed by atoms with Crippen LogP contribution in [0.4, 0.5) is 68.2 Å². The summed E-state index contributed by atoms with van der Waals surface area (Å²) < 4.78 is 0. The summed E-state index contributed by atoms with van der Waals surface area (Å²) >= 11 is 14.5. The SMILES string of the molecule is Clc1cc2c3c(c1)N(c1ccccc1)c1cc4c(cc1B3c1ccccc1N2c1ccccc1)B1c2ccccc2N(c2ccccc2)c2cc(Cl)cc(c21)N4c1ccccc1. The van der Waals surface area contributed by atoms with Gasteiger partial charge in [0.2, 0.25) is 0 Å². The van der Waals surface area contributed by atoms with Gasteiger partial charge in [-0.3, -0.25) is 0 Å². The zero-order valence-electron chi connectivity index (χ0n) is 33.3. The number of nitrogens with zero attached hydrogens (tertiary/aromatic N) is 4. The molecule has 13 rings (SSSR count). The molecule has 0 aromatic heterocycles. The number of rotatable bonds is 4. The first-order chi connectivity index (χ1) is 30.6. The van der Waals surface area contributed by atoms with E-state index in [4.69, 9.17) is 23.2 Å². The lowest BCUT2D eigenvalue weighted by molar-refractivity contribution is 1.23. The van der Waals surface area contributed by atoms with Gasteiger partial charge in [0.15, 0.2) is 0 Å². The van der Waals surface area contributed by atoms with E-state index in [0.717, 1.165) is 68.2 Å². The molecule has 8 heteroatoms. The van der Waals surface area contributed by atoms with Crippen molar-refractivity contribution in [3.63, 3.8) is 0 Å². The summed E-state index contributed by atoms with van der Waals surface area (Å²) in [5.74, 6) is 0. The lowest BCUT2D eigenvalue weighted by atomic mass is 9.30. The Hall–Kier alpha value is -7.11. The van der Waals surface area contributed by atoms with Gasteiger partial charge in [-0.25, -0.2) is 0 Å². The lowest BCUT2D eigenvalue weighted by Gasteiger charge is -2.47. The van der Waals surface area contributed by atoms with Gasteiger partial charge in [-0.2, -0.15) is 0 Å². The molecule has 0 atom stereocenters. The van der Waals surface area contributed by atoms with Gasteiger partial charge >= 0.3 is 0 Å². The van der Waals surface area contributed by atoms with Crippen LogP contribution in [-0.4, -0.2) is 13.4 Å². The molecule has 4 nitrogen and oxygen atoms in total. The second-order valence-electron chi connectivity index (χ2n) is 16.4. The van der Waals surface area contributed by atoms with Crippen molar-refractivity contribution in [1.29, 1.82) is 0 Å². The number of hydrogen-bond acceptors (Lipinski definition) is 4. The van der Waals surface area contributed by atoms with Gasteiger partial charge in [-0.15, -0.1) is 0 Å². The Bertz CT molecular complexity index is 3040. The Kier molecular flexibility index (Phi) is 7.87. The first-order valence-electron chi connectivity index (χ1n) is 21.1. The van der Waals surface area contributed by atoms with E-state index in [1.807, 2.05) is 0 Å². The molecule has 0 bridgehead atoms. The van der Waals surface area contributed by atoms with Crippen LogP contribution in [0.5, 0.6) is 0 Å². The minimum atomic E-state index is -0.0791. The first kappa shape index (κ1) is 35.6. The topological polar surface area (TPSA) is 13.0 Å². The van der Waals surface area contributed by atoms with Gasteiger partial charge in [0, 0.05) is 78.3 Å². The molecule has 0 saturated heterocycles. The van der Waals surface area contributed by atoms with E-state index >= 15 is 0 Å². The van der Waals surface area contributed by atoms with Crippen LogP contribution in [0.15, 0.2) is 206 Å². The minimum Gasteiger partial charge on any atom is -0.311 e. The van der Waals surface area contributed by atoms with Crippen LogP contribution < -0.4 is 52.4 Å². The summed E-state index contributed by atoms with van der Waals surface area (Å²) in [5.41, 5.74) is 20.6. The molecule has 0 N–H and O–H groups in total. The fourth-order valence-corrected chi connectivity index (χ4v) is 11.2. The van der Waals surface area contributed by atoms with Crippen molar-refractivity contribution in [2.45, 2.75) is 0 Å². The van der Waals surface area contributed by atoms with Gasteiger partial charge in [0.1, 0.15) is 0 Å². The molecule has 9 aromatic carbocycles. The van der Waals surface area contributed by atoms with E-state index in [0.29, 0.717) is 10.0 Å². The fourth-order valence-electron chi connectivity index (χ4n) is 10.7. The summed E-state index contributed by atoms with van der Waals surface area (Å²) in [4.78, 5) is 9.65. The number of hydrogen-bond donors (Lipinski definition) is 0. The van der Waals surface area contributed by atoms with E-state index in [1.54, 1.807) is 0 Å². The van der Waals surface area contributed by atoms with Gasteiger partial charge in [-0.1, -0.05) is 138 Å². The highest BCUT2D eigenvalue weighted by Crippen LogP contribution is 2.49. The Morgan fingerprint density at radius 1 is 0.258 bits per heavy atom. The third-order valence-corrected chi connectivity index (χ3v) is 13.5. The van der Waals surface area contributed by atoms with Crippen LogP contribution in [0.2, 0.25) is 10.0 Å². The zero-order chi connectivity index (χ0) is 41.1. The summed E-state index contributed by atoms with van der Waals surface area (Å²) in [6.07, 6.45) is 0. The van der Waals surface area contributed by atoms with Crippen molar-refractivity contribution < 1.29 is 0 Å². The van der Waals surface area contributed by atoms with Crippen LogP contribution >= 0.6 is 23.2 Å². The van der Waals surface area contributed by atoms with Crippen molar-refractivity contribution in [3.8, 4) is 0 Å². The van der Waals surface area contributed by atoms with E-state index < -0.39 is 0 Å². The number of benzene rings is 9. The maximum absolute atomic E-state index is 7.27. The molecular formula is C54H34B2Cl2N4. The smallest absolute Gasteiger partial charge is 0.252 e. The number of fused-ring (bicyclic) bond motifs is 8. The highest BCUT2D eigenvalue weighted by molar-refractivity contribution is 7.03. The third kappa shape index (κ3) is 5.11. The van der Waals surface area contributed by atoms with Crippen LogP contribution in [0.1, 0.15) is 0 Å². The number of halogens is 2. The fraction of sp³-hybridized carbons (Fsp3) is 0. The van der Waals surface area contributed by atoms with Crippen molar-refractivity contribution in [2.75, 3.05) is 19.6 Å². The summed E-state index contributed by atoms with van der Waals surface area (Å²) in [5, 5.41) is 1.37. The van der Waals surface area contributed by atoms with Crippen molar-refractivity contribution in [3.05, 3.63) is 216 Å². The molecule has 0 radical (unpaired) electrons. The Morgan fingerprint density at radius 3 is 0.887 bits per heavy atom. The Labute approximate surface area is 371 Å². The molecule has 0 saturated carbocycles. The predicted octanol–water partition coefficient (Wildman–Crippen LogP) is 11.2. The van der Waals surface area contributed by atoms with Gasteiger partial charge in [0.05, 0.1) is 0 Å². The second-order valence-corrected chi connectivity index (χ2v) is 17.2. The molecule has 4 aliphatic heterocycles. The van der Waals surface area contributed by atoms with E-state index in [1.165, 1.54) is 32.8 Å². The molecule has 0 aliphatic carbocycles. The highest BCUT2D eigenvalue weighted by atomic mass is 35.5. The lowest BCUT2D eigenvalue weighted by Crippen LogP contribution is -2.65. The van der Waals surface area contributed by atoms with Crippen LogP contribution in [0.3, 0.4) is 0 Å². The molecular weight excluding hydrogens is 797 g/mol. The molecule has 0 fully saturated rings. The quantitative estimate of drug-likeness (QED) is 0.164. The maximum Gasteiger partial charge on any atom is 0.252 e. The van der Waals surface area contributed by atoms with Crippen molar-refractivity contribution in [1.82, 2.24) is 0 Å². The van der Waals surface area contributed by atoms with E-state index in [9.17, 15) is 0 Å². The number of para-hydroxylation sites is 6. The average Bonchev–Trinajstić information content (AvgIpc) is 3.31. The molecule has 62 heavy (non-hydrogen) atoms. The van der Waals surface area contributed by atoms with Crippen LogP contribution in [0.25, 0.3) is 0 Å². The van der Waals surface area contributed by atoms with Gasteiger partial charge < -0.3 is 19.6 Å². The minimum absolute atomic E-state index is 0.0791. The molecule has 4 heterocycles. The van der Waals surface area contributed by atoms with Crippen molar-refractivity contribution >= 4 is 138 Å². The molecule has 0 unspecified atom stereocenters. The zero-order valence-corrected chi connectivity index (χ0v) is 34.8. The van der Waals surface area contributed by atoms with Crippen LogP contribution in [0, 0.1) is 0 Å². The maximum atomic E-state index is 7.27. The molecule has 9 aromatic rings. The number of anilines is 12. The molecule has 0 spiro atoms. The van der Waals surface area contributed by atoms with Crippen LogP contribution in [-0.2, 0) is 0 Å². The predicted molar refractivity (Wildman–Crippen MR) is 265 cm³/mol. The molecule has 0 amide bonds. The summed E-state index contributed by atoms with van der Waals surface area (Å²) in [6, 6.07) is 74.2. The normalized spacial score (nSPS) is 13.8. The Balaban J connectivity index is 1.15.